The van der Waals surface area contributed by atoms with Gasteiger partial charge in [-0.15, -0.1) is 0 Å². The van der Waals surface area contributed by atoms with Crippen molar-refractivity contribution in [1.82, 2.24) is 15.0 Å². The molecule has 0 atom stereocenters. The van der Waals surface area contributed by atoms with Crippen LogP contribution in [0.1, 0.15) is 27.0 Å². The number of benzene rings is 1. The van der Waals surface area contributed by atoms with E-state index in [0.717, 1.165) is 22.3 Å². The monoisotopic (exact) mass is 280 g/mol. The molecule has 0 radical (unpaired) electrons. The molecule has 0 aliphatic carbocycles. The smallest absolute Gasteiger partial charge is 0.257 e. The Kier molecular flexibility index (Phi) is 3.17. The zero-order valence-corrected chi connectivity index (χ0v) is 12.2. The first-order valence-corrected chi connectivity index (χ1v) is 6.73. The third-order valence-electron chi connectivity index (χ3n) is 3.45. The molecule has 0 unspecified atom stereocenters. The number of aromatic amines is 1. The van der Waals surface area contributed by atoms with E-state index >= 15 is 0 Å². The van der Waals surface area contributed by atoms with Crippen LogP contribution < -0.4 is 5.32 Å². The van der Waals surface area contributed by atoms with Crippen molar-refractivity contribution in [2.75, 3.05) is 5.32 Å². The number of anilines is 1. The predicted molar refractivity (Wildman–Crippen MR) is 82.5 cm³/mol. The van der Waals surface area contributed by atoms with Gasteiger partial charge in [-0.2, -0.15) is 0 Å². The number of aromatic nitrogens is 3. The van der Waals surface area contributed by atoms with Gasteiger partial charge in [-0.1, -0.05) is 17.7 Å². The lowest BCUT2D eigenvalue weighted by molar-refractivity contribution is 0.102. The van der Waals surface area contributed by atoms with Gasteiger partial charge >= 0.3 is 0 Å². The van der Waals surface area contributed by atoms with Gasteiger partial charge in [-0.3, -0.25) is 4.79 Å². The van der Waals surface area contributed by atoms with E-state index in [1.54, 1.807) is 12.4 Å². The summed E-state index contributed by atoms with van der Waals surface area (Å²) in [7, 11) is 0. The summed E-state index contributed by atoms with van der Waals surface area (Å²) in [5, 5.41) is 2.97. The van der Waals surface area contributed by atoms with Crippen LogP contribution in [0.3, 0.4) is 0 Å². The van der Waals surface area contributed by atoms with E-state index in [4.69, 9.17) is 0 Å². The van der Waals surface area contributed by atoms with Crippen LogP contribution >= 0.6 is 0 Å². The molecule has 1 aromatic carbocycles. The van der Waals surface area contributed by atoms with Crippen molar-refractivity contribution in [3.05, 3.63) is 53.0 Å². The molecule has 5 nitrogen and oxygen atoms in total. The molecule has 0 fully saturated rings. The van der Waals surface area contributed by atoms with Gasteiger partial charge in [-0.05, 0) is 38.0 Å². The average Bonchev–Trinajstić information content (AvgIpc) is 2.89. The molecule has 2 aromatic heterocycles. The highest BCUT2D eigenvalue weighted by Crippen LogP contribution is 2.22. The number of nitrogens with one attached hydrogen (secondary N) is 2. The van der Waals surface area contributed by atoms with Crippen LogP contribution in [-0.2, 0) is 0 Å². The molecule has 1 amide bonds. The molecule has 0 bridgehead atoms. The SMILES string of the molecule is Cc1cc(C)c(NC(=O)c2cnc3nc[nH]c3c2)c(C)c1. The summed E-state index contributed by atoms with van der Waals surface area (Å²) in [6.07, 6.45) is 3.10. The maximum atomic E-state index is 12.4. The fraction of sp³-hybridized carbons (Fsp3) is 0.188. The Hall–Kier alpha value is -2.69. The zero-order chi connectivity index (χ0) is 15.0. The number of aryl methyl sites for hydroxylation is 3. The Labute approximate surface area is 122 Å². The van der Waals surface area contributed by atoms with Gasteiger partial charge in [0, 0.05) is 11.9 Å². The van der Waals surface area contributed by atoms with Crippen LogP contribution in [0.15, 0.2) is 30.7 Å². The summed E-state index contributed by atoms with van der Waals surface area (Å²) in [6, 6.07) is 5.86. The normalized spacial score (nSPS) is 10.8. The summed E-state index contributed by atoms with van der Waals surface area (Å²) in [6.45, 7) is 6.03. The first-order valence-electron chi connectivity index (χ1n) is 6.73. The predicted octanol–water partition coefficient (Wildman–Crippen LogP) is 3.14. The highest BCUT2D eigenvalue weighted by molar-refractivity contribution is 6.06. The summed E-state index contributed by atoms with van der Waals surface area (Å²) in [4.78, 5) is 23.5. The van der Waals surface area contributed by atoms with Crippen LogP contribution in [0.5, 0.6) is 0 Å². The molecule has 0 aliphatic rings. The number of nitrogens with zero attached hydrogens (tertiary/aromatic N) is 2. The topological polar surface area (TPSA) is 70.7 Å². The van der Waals surface area contributed by atoms with E-state index in [9.17, 15) is 4.79 Å². The molecule has 5 heteroatoms. The number of hydrogen-bond donors (Lipinski definition) is 2. The van der Waals surface area contributed by atoms with Crippen molar-refractivity contribution in [3.8, 4) is 0 Å². The minimum absolute atomic E-state index is 0.172. The molecule has 3 aromatic rings. The number of fused-ring (bicyclic) bond motifs is 1. The van der Waals surface area contributed by atoms with Crippen molar-refractivity contribution < 1.29 is 4.79 Å². The van der Waals surface area contributed by atoms with Gasteiger partial charge in [0.25, 0.3) is 5.91 Å². The third-order valence-corrected chi connectivity index (χ3v) is 3.45. The molecule has 21 heavy (non-hydrogen) atoms. The van der Waals surface area contributed by atoms with Gasteiger partial charge < -0.3 is 10.3 Å². The quantitative estimate of drug-likeness (QED) is 0.757. The second-order valence-corrected chi connectivity index (χ2v) is 5.23. The second-order valence-electron chi connectivity index (χ2n) is 5.23. The van der Waals surface area contributed by atoms with Gasteiger partial charge in [0.15, 0.2) is 5.65 Å². The number of carbonyl (C=O) groups excluding carboxylic acids is 1. The Bertz CT molecular complexity index is 812. The number of H-pyrrole nitrogens is 1. The number of pyridine rings is 1. The van der Waals surface area contributed by atoms with Crippen molar-refractivity contribution >= 4 is 22.8 Å². The lowest BCUT2D eigenvalue weighted by Gasteiger charge is -2.12. The Morgan fingerprint density at radius 1 is 1.10 bits per heavy atom. The van der Waals surface area contributed by atoms with Crippen LogP contribution in [0.4, 0.5) is 5.69 Å². The van der Waals surface area contributed by atoms with Crippen LogP contribution in [0.2, 0.25) is 0 Å². The first-order chi connectivity index (χ1) is 10.0. The van der Waals surface area contributed by atoms with Crippen molar-refractivity contribution in [1.29, 1.82) is 0 Å². The van der Waals surface area contributed by atoms with Gasteiger partial charge in [0.1, 0.15) is 0 Å². The van der Waals surface area contributed by atoms with E-state index < -0.39 is 0 Å². The van der Waals surface area contributed by atoms with Crippen LogP contribution in [0, 0.1) is 20.8 Å². The van der Waals surface area contributed by atoms with E-state index in [1.807, 2.05) is 20.8 Å². The van der Waals surface area contributed by atoms with Crippen molar-refractivity contribution in [2.24, 2.45) is 0 Å². The maximum absolute atomic E-state index is 12.4. The highest BCUT2D eigenvalue weighted by Gasteiger charge is 2.12. The standard InChI is InChI=1S/C16H16N4O/c1-9-4-10(2)14(11(3)5-9)20-16(21)12-6-13-15(17-7-12)19-8-18-13/h4-8H,1-3H3,(H,20,21)(H,17,18,19). The Balaban J connectivity index is 1.92. The van der Waals surface area contributed by atoms with E-state index in [1.165, 1.54) is 11.8 Å². The number of imidazole rings is 1. The third kappa shape index (κ3) is 2.50. The van der Waals surface area contributed by atoms with Crippen molar-refractivity contribution in [2.45, 2.75) is 20.8 Å². The average molecular weight is 280 g/mol. The van der Waals surface area contributed by atoms with Gasteiger partial charge in [0.05, 0.1) is 17.4 Å². The number of hydrogen-bond acceptors (Lipinski definition) is 3. The van der Waals surface area contributed by atoms with Crippen molar-refractivity contribution in [3.63, 3.8) is 0 Å². The minimum atomic E-state index is -0.172. The summed E-state index contributed by atoms with van der Waals surface area (Å²) < 4.78 is 0. The van der Waals surface area contributed by atoms with Crippen LogP contribution in [0.25, 0.3) is 11.2 Å². The molecule has 0 saturated carbocycles. The fourth-order valence-corrected chi connectivity index (χ4v) is 2.52. The number of amides is 1. The largest absolute Gasteiger partial charge is 0.343 e. The summed E-state index contributed by atoms with van der Waals surface area (Å²) in [5.41, 5.74) is 6.01. The molecule has 106 valence electrons. The lowest BCUT2D eigenvalue weighted by atomic mass is 10.0. The van der Waals surface area contributed by atoms with E-state index in [-0.39, 0.29) is 5.91 Å². The molecular formula is C16H16N4O. The van der Waals surface area contributed by atoms with E-state index in [0.29, 0.717) is 11.2 Å². The number of rotatable bonds is 2. The zero-order valence-electron chi connectivity index (χ0n) is 12.2. The Morgan fingerprint density at radius 3 is 2.52 bits per heavy atom. The first kappa shape index (κ1) is 13.3. The maximum Gasteiger partial charge on any atom is 0.257 e. The second kappa shape index (κ2) is 5.01. The van der Waals surface area contributed by atoms with E-state index in [2.05, 4.69) is 32.4 Å². The van der Waals surface area contributed by atoms with Crippen LogP contribution in [-0.4, -0.2) is 20.9 Å². The fourth-order valence-electron chi connectivity index (χ4n) is 2.52. The van der Waals surface area contributed by atoms with Gasteiger partial charge in [0.2, 0.25) is 0 Å². The molecule has 2 N–H and O–H groups in total. The molecule has 0 aliphatic heterocycles. The summed E-state index contributed by atoms with van der Waals surface area (Å²) in [5.74, 6) is -0.172. The molecule has 0 saturated heterocycles. The lowest BCUT2D eigenvalue weighted by Crippen LogP contribution is -2.14. The molecule has 3 rings (SSSR count). The molecular weight excluding hydrogens is 264 g/mol. The number of carbonyl (C=O) groups is 1. The molecule has 2 heterocycles. The van der Waals surface area contributed by atoms with Gasteiger partial charge in [-0.25, -0.2) is 9.97 Å². The summed E-state index contributed by atoms with van der Waals surface area (Å²) >= 11 is 0. The Morgan fingerprint density at radius 2 is 1.81 bits per heavy atom. The highest BCUT2D eigenvalue weighted by atomic mass is 16.1. The minimum Gasteiger partial charge on any atom is -0.343 e. The molecule has 0 spiro atoms.